The number of aliphatic carboxylic acids is 1. The zero-order valence-corrected chi connectivity index (χ0v) is 13.2. The molecule has 0 aliphatic rings. The summed E-state index contributed by atoms with van der Waals surface area (Å²) in [5, 5.41) is 17.7. The van der Waals surface area contributed by atoms with Crippen LogP contribution in [0, 0.1) is 11.3 Å². The van der Waals surface area contributed by atoms with Crippen molar-refractivity contribution in [2.24, 2.45) is 0 Å². The number of nitriles is 1. The molecule has 7 heteroatoms. The predicted octanol–water partition coefficient (Wildman–Crippen LogP) is 4.53. The summed E-state index contributed by atoms with van der Waals surface area (Å²) >= 11 is 0. The average molecular weight is 359 g/mol. The first-order valence-corrected chi connectivity index (χ1v) is 7.26. The maximum atomic E-state index is 12.3. The first-order chi connectivity index (χ1) is 12.3. The summed E-state index contributed by atoms with van der Waals surface area (Å²) < 4.78 is 40.6. The highest BCUT2D eigenvalue weighted by molar-refractivity contribution is 5.84. The smallest absolute Gasteiger partial charge is 0.478 e. The number of alkyl halides is 3. The third-order valence-corrected chi connectivity index (χ3v) is 3.20. The number of hydrogen-bond acceptors (Lipinski definition) is 3. The summed E-state index contributed by atoms with van der Waals surface area (Å²) in [5.74, 6) is -1.51. The maximum absolute atomic E-state index is 12.3. The number of benzene rings is 2. The molecule has 0 spiro atoms. The topological polar surface area (TPSA) is 70.3 Å². The lowest BCUT2D eigenvalue weighted by Crippen LogP contribution is -2.17. The van der Waals surface area contributed by atoms with Gasteiger partial charge in [-0.3, -0.25) is 0 Å². The first-order valence-electron chi connectivity index (χ1n) is 7.26. The average Bonchev–Trinajstić information content (AvgIpc) is 2.58. The second-order valence-electron chi connectivity index (χ2n) is 5.04. The Morgan fingerprint density at radius 2 is 1.81 bits per heavy atom. The van der Waals surface area contributed by atoms with Crippen molar-refractivity contribution >= 4 is 11.5 Å². The van der Waals surface area contributed by atoms with Crippen LogP contribution in [-0.2, 0) is 4.79 Å². The summed E-state index contributed by atoms with van der Waals surface area (Å²) in [4.78, 5) is 10.6. The van der Waals surface area contributed by atoms with Crippen molar-refractivity contribution < 1.29 is 27.8 Å². The van der Waals surface area contributed by atoms with E-state index >= 15 is 0 Å². The molecule has 2 rings (SSSR count). The van der Waals surface area contributed by atoms with E-state index in [4.69, 9.17) is 10.4 Å². The molecule has 0 fully saturated rings. The Morgan fingerprint density at radius 1 is 1.12 bits per heavy atom. The molecule has 0 saturated carbocycles. The Bertz CT molecular complexity index is 891. The molecule has 0 aliphatic carbocycles. The van der Waals surface area contributed by atoms with Crippen LogP contribution in [0.4, 0.5) is 13.2 Å². The summed E-state index contributed by atoms with van der Waals surface area (Å²) in [6.45, 7) is 0. The van der Waals surface area contributed by atoms with Gasteiger partial charge in [0.1, 0.15) is 5.75 Å². The van der Waals surface area contributed by atoms with E-state index in [-0.39, 0.29) is 5.75 Å². The van der Waals surface area contributed by atoms with Crippen molar-refractivity contribution in [3.05, 3.63) is 83.4 Å². The van der Waals surface area contributed by atoms with Gasteiger partial charge in [0, 0.05) is 6.08 Å². The van der Waals surface area contributed by atoms with Crippen LogP contribution >= 0.6 is 0 Å². The SMILES string of the molecule is N#Cc1cccc(/C(=C/C=C/C(=O)O)c2ccc(OC(F)(F)F)cc2)c1. The molecule has 0 radical (unpaired) electrons. The molecule has 0 bridgehead atoms. The van der Waals surface area contributed by atoms with Gasteiger partial charge in [0.2, 0.25) is 0 Å². The Morgan fingerprint density at radius 3 is 2.38 bits per heavy atom. The van der Waals surface area contributed by atoms with E-state index in [1.807, 2.05) is 6.07 Å². The van der Waals surface area contributed by atoms with E-state index in [0.717, 1.165) is 18.2 Å². The van der Waals surface area contributed by atoms with Gasteiger partial charge in [-0.25, -0.2) is 4.79 Å². The van der Waals surface area contributed by atoms with Crippen LogP contribution in [-0.4, -0.2) is 17.4 Å². The van der Waals surface area contributed by atoms with Gasteiger partial charge in [0.15, 0.2) is 0 Å². The lowest BCUT2D eigenvalue weighted by Gasteiger charge is -2.11. The van der Waals surface area contributed by atoms with Crippen LogP contribution in [0.15, 0.2) is 66.8 Å². The fraction of sp³-hybridized carbons (Fsp3) is 0.0526. The van der Waals surface area contributed by atoms with Gasteiger partial charge in [0.05, 0.1) is 11.6 Å². The van der Waals surface area contributed by atoms with Gasteiger partial charge in [-0.1, -0.05) is 36.4 Å². The number of rotatable bonds is 5. The monoisotopic (exact) mass is 359 g/mol. The summed E-state index contributed by atoms with van der Waals surface area (Å²) in [7, 11) is 0. The Hall–Kier alpha value is -3.53. The van der Waals surface area contributed by atoms with Crippen molar-refractivity contribution in [1.29, 1.82) is 5.26 Å². The van der Waals surface area contributed by atoms with E-state index in [1.54, 1.807) is 24.3 Å². The van der Waals surface area contributed by atoms with Crippen LogP contribution in [0.1, 0.15) is 16.7 Å². The van der Waals surface area contributed by atoms with E-state index < -0.39 is 12.3 Å². The van der Waals surface area contributed by atoms with Gasteiger partial charge in [-0.15, -0.1) is 13.2 Å². The standard InChI is InChI=1S/C19H12F3NO3/c20-19(21,22)26-16-9-7-14(8-10-16)17(5-2-6-18(24)25)15-4-1-3-13(11-15)12-23/h1-11H,(H,24,25)/b6-2+,17-5+. The number of carboxylic acid groups (broad SMARTS) is 1. The highest BCUT2D eigenvalue weighted by atomic mass is 19.4. The van der Waals surface area contributed by atoms with E-state index in [1.165, 1.54) is 24.3 Å². The van der Waals surface area contributed by atoms with Gasteiger partial charge < -0.3 is 9.84 Å². The highest BCUT2D eigenvalue weighted by Crippen LogP contribution is 2.28. The minimum absolute atomic E-state index is 0.368. The molecule has 0 aliphatic heterocycles. The molecular formula is C19H12F3NO3. The minimum Gasteiger partial charge on any atom is -0.478 e. The Labute approximate surface area is 147 Å². The second kappa shape index (κ2) is 8.03. The van der Waals surface area contributed by atoms with Crippen molar-refractivity contribution in [2.75, 3.05) is 0 Å². The van der Waals surface area contributed by atoms with Crippen LogP contribution in [0.2, 0.25) is 0 Å². The van der Waals surface area contributed by atoms with Crippen molar-refractivity contribution in [1.82, 2.24) is 0 Å². The van der Waals surface area contributed by atoms with Gasteiger partial charge in [-0.2, -0.15) is 5.26 Å². The molecular weight excluding hydrogens is 347 g/mol. The lowest BCUT2D eigenvalue weighted by atomic mass is 9.96. The van der Waals surface area contributed by atoms with Gasteiger partial charge in [0.25, 0.3) is 0 Å². The molecule has 2 aromatic carbocycles. The zero-order valence-electron chi connectivity index (χ0n) is 13.2. The number of allylic oxidation sites excluding steroid dienone is 2. The van der Waals surface area contributed by atoms with E-state index in [0.29, 0.717) is 22.3 Å². The molecule has 4 nitrogen and oxygen atoms in total. The molecule has 2 aromatic rings. The summed E-state index contributed by atoms with van der Waals surface area (Å²) in [6.07, 6.45) is -1.05. The molecule has 0 saturated heterocycles. The van der Waals surface area contributed by atoms with E-state index in [9.17, 15) is 18.0 Å². The zero-order chi connectivity index (χ0) is 19.2. The molecule has 132 valence electrons. The molecule has 0 aromatic heterocycles. The fourth-order valence-electron chi connectivity index (χ4n) is 2.18. The predicted molar refractivity (Wildman–Crippen MR) is 88.1 cm³/mol. The van der Waals surface area contributed by atoms with Crippen LogP contribution in [0.3, 0.4) is 0 Å². The molecule has 26 heavy (non-hydrogen) atoms. The van der Waals surface area contributed by atoms with Crippen LogP contribution in [0.25, 0.3) is 5.57 Å². The second-order valence-corrected chi connectivity index (χ2v) is 5.04. The van der Waals surface area contributed by atoms with Gasteiger partial charge in [-0.05, 0) is 41.0 Å². The number of nitrogens with zero attached hydrogens (tertiary/aromatic N) is 1. The Kier molecular flexibility index (Phi) is 5.81. The largest absolute Gasteiger partial charge is 0.573 e. The lowest BCUT2D eigenvalue weighted by molar-refractivity contribution is -0.274. The third-order valence-electron chi connectivity index (χ3n) is 3.20. The normalized spacial score (nSPS) is 12.0. The fourth-order valence-corrected chi connectivity index (χ4v) is 2.18. The highest BCUT2D eigenvalue weighted by Gasteiger charge is 2.30. The number of hydrogen-bond donors (Lipinski definition) is 1. The van der Waals surface area contributed by atoms with E-state index in [2.05, 4.69) is 4.74 Å². The molecule has 1 N–H and O–H groups in total. The minimum atomic E-state index is -4.79. The summed E-state index contributed by atoms with van der Waals surface area (Å²) in [5.41, 5.74) is 2.08. The first kappa shape index (κ1) is 18.8. The number of ether oxygens (including phenoxy) is 1. The molecule has 0 atom stereocenters. The number of carbonyl (C=O) groups is 1. The van der Waals surface area contributed by atoms with Crippen molar-refractivity contribution in [3.8, 4) is 11.8 Å². The maximum Gasteiger partial charge on any atom is 0.573 e. The molecule has 0 heterocycles. The molecule has 0 unspecified atom stereocenters. The van der Waals surface area contributed by atoms with Crippen LogP contribution < -0.4 is 4.74 Å². The Balaban J connectivity index is 2.44. The number of halogens is 3. The molecule has 0 amide bonds. The van der Waals surface area contributed by atoms with Crippen molar-refractivity contribution in [3.63, 3.8) is 0 Å². The van der Waals surface area contributed by atoms with Crippen LogP contribution in [0.5, 0.6) is 5.75 Å². The third kappa shape index (κ3) is 5.53. The van der Waals surface area contributed by atoms with Crippen molar-refractivity contribution in [2.45, 2.75) is 6.36 Å². The number of carboxylic acids is 1. The summed E-state index contributed by atoms with van der Waals surface area (Å²) in [6, 6.07) is 13.7. The quantitative estimate of drug-likeness (QED) is 0.629. The van der Waals surface area contributed by atoms with Gasteiger partial charge >= 0.3 is 12.3 Å².